The SMILES string of the molecule is Cc1nn(C)c(C)c1NC(=O)[C@@H](C)Sc1nc(-c2ccccc2)cs1. The molecule has 3 rings (SSSR count). The van der Waals surface area contributed by atoms with E-state index in [1.165, 1.54) is 11.8 Å². The summed E-state index contributed by atoms with van der Waals surface area (Å²) in [6, 6.07) is 10.0. The van der Waals surface area contributed by atoms with Gasteiger partial charge in [0.2, 0.25) is 5.91 Å². The van der Waals surface area contributed by atoms with Crippen molar-refractivity contribution in [1.82, 2.24) is 14.8 Å². The van der Waals surface area contributed by atoms with Crippen molar-refractivity contribution in [2.45, 2.75) is 30.4 Å². The Bertz CT molecular complexity index is 886. The van der Waals surface area contributed by atoms with E-state index in [0.29, 0.717) is 0 Å². The van der Waals surface area contributed by atoms with Crippen LogP contribution in [0.5, 0.6) is 0 Å². The number of benzene rings is 1. The molecule has 0 aliphatic heterocycles. The van der Waals surface area contributed by atoms with Crippen molar-refractivity contribution in [2.75, 3.05) is 5.32 Å². The third kappa shape index (κ3) is 3.93. The number of carbonyl (C=O) groups is 1. The van der Waals surface area contributed by atoms with Crippen molar-refractivity contribution in [3.05, 3.63) is 47.1 Å². The van der Waals surface area contributed by atoms with E-state index >= 15 is 0 Å². The van der Waals surface area contributed by atoms with E-state index in [0.717, 1.165) is 32.7 Å². The minimum Gasteiger partial charge on any atom is -0.322 e. The zero-order valence-corrected chi connectivity index (χ0v) is 16.2. The molecule has 130 valence electrons. The van der Waals surface area contributed by atoms with Crippen LogP contribution in [-0.4, -0.2) is 25.9 Å². The summed E-state index contributed by atoms with van der Waals surface area (Å²) in [6.45, 7) is 5.73. The molecule has 0 saturated heterocycles. The number of anilines is 1. The Kier molecular flexibility index (Phi) is 5.24. The molecule has 25 heavy (non-hydrogen) atoms. The zero-order chi connectivity index (χ0) is 18.0. The maximum atomic E-state index is 12.5. The van der Waals surface area contributed by atoms with Gasteiger partial charge in [-0.15, -0.1) is 11.3 Å². The molecular formula is C18H20N4OS2. The predicted octanol–water partition coefficient (Wildman–Crippen LogP) is 4.28. The van der Waals surface area contributed by atoms with Gasteiger partial charge < -0.3 is 5.32 Å². The van der Waals surface area contributed by atoms with Crippen molar-refractivity contribution < 1.29 is 4.79 Å². The summed E-state index contributed by atoms with van der Waals surface area (Å²) in [6.07, 6.45) is 0. The quantitative estimate of drug-likeness (QED) is 0.679. The first-order valence-corrected chi connectivity index (χ1v) is 9.70. The summed E-state index contributed by atoms with van der Waals surface area (Å²) >= 11 is 3.04. The van der Waals surface area contributed by atoms with Gasteiger partial charge in [0.15, 0.2) is 4.34 Å². The fourth-order valence-corrected chi connectivity index (χ4v) is 4.41. The van der Waals surface area contributed by atoms with Crippen LogP contribution in [0.15, 0.2) is 40.1 Å². The second-order valence-corrected chi connectivity index (χ2v) is 8.23. The van der Waals surface area contributed by atoms with E-state index in [4.69, 9.17) is 0 Å². The number of nitrogens with zero attached hydrogens (tertiary/aromatic N) is 3. The van der Waals surface area contributed by atoms with Gasteiger partial charge in [0, 0.05) is 18.0 Å². The molecule has 0 spiro atoms. The highest BCUT2D eigenvalue weighted by molar-refractivity contribution is 8.02. The molecule has 2 heterocycles. The van der Waals surface area contributed by atoms with E-state index in [1.807, 2.05) is 63.5 Å². The molecule has 3 aromatic rings. The molecular weight excluding hydrogens is 352 g/mol. The molecule has 0 unspecified atom stereocenters. The molecule has 0 fully saturated rings. The van der Waals surface area contributed by atoms with E-state index in [-0.39, 0.29) is 11.2 Å². The Balaban J connectivity index is 1.67. The Morgan fingerprint density at radius 3 is 2.64 bits per heavy atom. The Morgan fingerprint density at radius 2 is 2.00 bits per heavy atom. The van der Waals surface area contributed by atoms with Crippen LogP contribution in [0.3, 0.4) is 0 Å². The molecule has 0 aliphatic rings. The number of carbonyl (C=O) groups excluding carboxylic acids is 1. The van der Waals surface area contributed by atoms with Crippen LogP contribution in [-0.2, 0) is 11.8 Å². The van der Waals surface area contributed by atoms with Crippen LogP contribution in [0.1, 0.15) is 18.3 Å². The number of thiazole rings is 1. The molecule has 2 aromatic heterocycles. The van der Waals surface area contributed by atoms with Crippen LogP contribution in [0.25, 0.3) is 11.3 Å². The molecule has 1 N–H and O–H groups in total. The van der Waals surface area contributed by atoms with E-state index < -0.39 is 0 Å². The summed E-state index contributed by atoms with van der Waals surface area (Å²) in [7, 11) is 1.87. The number of hydrogen-bond donors (Lipinski definition) is 1. The lowest BCUT2D eigenvalue weighted by Crippen LogP contribution is -2.23. The van der Waals surface area contributed by atoms with Gasteiger partial charge in [-0.1, -0.05) is 42.1 Å². The van der Waals surface area contributed by atoms with Crippen LogP contribution in [0.2, 0.25) is 0 Å². The first-order valence-electron chi connectivity index (χ1n) is 7.94. The van der Waals surface area contributed by atoms with Gasteiger partial charge in [-0.2, -0.15) is 5.10 Å². The van der Waals surface area contributed by atoms with E-state index in [2.05, 4.69) is 15.4 Å². The smallest absolute Gasteiger partial charge is 0.237 e. The number of hydrogen-bond acceptors (Lipinski definition) is 5. The van der Waals surface area contributed by atoms with E-state index in [9.17, 15) is 4.79 Å². The summed E-state index contributed by atoms with van der Waals surface area (Å²) < 4.78 is 2.66. The molecule has 0 aliphatic carbocycles. The number of amides is 1. The number of thioether (sulfide) groups is 1. The fourth-order valence-electron chi connectivity index (χ4n) is 2.44. The van der Waals surface area contributed by atoms with Gasteiger partial charge >= 0.3 is 0 Å². The van der Waals surface area contributed by atoms with Crippen LogP contribution in [0.4, 0.5) is 5.69 Å². The van der Waals surface area contributed by atoms with Gasteiger partial charge in [-0.25, -0.2) is 4.98 Å². The molecule has 5 nitrogen and oxygen atoms in total. The molecule has 1 atom stereocenters. The minimum atomic E-state index is -0.242. The topological polar surface area (TPSA) is 59.8 Å². The molecule has 7 heteroatoms. The Labute approximate surface area is 155 Å². The second-order valence-electron chi connectivity index (χ2n) is 5.78. The lowest BCUT2D eigenvalue weighted by atomic mass is 10.2. The largest absolute Gasteiger partial charge is 0.322 e. The second kappa shape index (κ2) is 7.41. The summed E-state index contributed by atoms with van der Waals surface area (Å²) in [5, 5.41) is 9.10. The van der Waals surface area contributed by atoms with Gasteiger partial charge in [0.1, 0.15) is 0 Å². The van der Waals surface area contributed by atoms with Crippen molar-refractivity contribution >= 4 is 34.7 Å². The van der Waals surface area contributed by atoms with Crippen LogP contribution < -0.4 is 5.32 Å². The highest BCUT2D eigenvalue weighted by Crippen LogP contribution is 2.31. The van der Waals surface area contributed by atoms with Crippen molar-refractivity contribution in [1.29, 1.82) is 0 Å². The van der Waals surface area contributed by atoms with Crippen molar-refractivity contribution in [2.24, 2.45) is 7.05 Å². The highest BCUT2D eigenvalue weighted by Gasteiger charge is 2.20. The van der Waals surface area contributed by atoms with Gasteiger partial charge in [-0.3, -0.25) is 9.48 Å². The molecule has 1 amide bonds. The van der Waals surface area contributed by atoms with Gasteiger partial charge in [-0.05, 0) is 20.8 Å². The Morgan fingerprint density at radius 1 is 1.28 bits per heavy atom. The average Bonchev–Trinajstić information content (AvgIpc) is 3.16. The standard InChI is InChI=1S/C18H20N4OS2/c1-11-16(12(2)22(4)21-11)20-17(23)13(3)25-18-19-15(10-24-18)14-8-6-5-7-9-14/h5-10,13H,1-4H3,(H,20,23)/t13-/m1/s1. The normalized spacial score (nSPS) is 12.2. The number of aromatic nitrogens is 3. The van der Waals surface area contributed by atoms with Crippen molar-refractivity contribution in [3.63, 3.8) is 0 Å². The molecule has 1 aromatic carbocycles. The summed E-state index contributed by atoms with van der Waals surface area (Å²) in [4.78, 5) is 17.1. The third-order valence-electron chi connectivity index (χ3n) is 3.96. The lowest BCUT2D eigenvalue weighted by Gasteiger charge is -2.10. The summed E-state index contributed by atoms with van der Waals surface area (Å²) in [5.74, 6) is -0.0411. The molecule has 0 radical (unpaired) electrons. The molecule has 0 bridgehead atoms. The number of rotatable bonds is 5. The third-order valence-corrected chi connectivity index (χ3v) is 6.03. The van der Waals surface area contributed by atoms with Crippen LogP contribution >= 0.6 is 23.1 Å². The van der Waals surface area contributed by atoms with Crippen LogP contribution in [0, 0.1) is 13.8 Å². The number of aryl methyl sites for hydroxylation is 2. The summed E-state index contributed by atoms with van der Waals surface area (Å²) in [5.41, 5.74) is 4.60. The average molecular weight is 373 g/mol. The maximum absolute atomic E-state index is 12.5. The minimum absolute atomic E-state index is 0.0411. The monoisotopic (exact) mass is 372 g/mol. The fraction of sp³-hybridized carbons (Fsp3) is 0.278. The van der Waals surface area contributed by atoms with E-state index in [1.54, 1.807) is 16.0 Å². The zero-order valence-electron chi connectivity index (χ0n) is 14.6. The lowest BCUT2D eigenvalue weighted by molar-refractivity contribution is -0.115. The van der Waals surface area contributed by atoms with Gasteiger partial charge in [0.05, 0.1) is 28.0 Å². The Hall–Kier alpha value is -2.12. The van der Waals surface area contributed by atoms with Crippen molar-refractivity contribution in [3.8, 4) is 11.3 Å². The first kappa shape index (κ1) is 17.7. The van der Waals surface area contributed by atoms with Gasteiger partial charge in [0.25, 0.3) is 0 Å². The number of nitrogens with one attached hydrogen (secondary N) is 1. The highest BCUT2D eigenvalue weighted by atomic mass is 32.2. The maximum Gasteiger partial charge on any atom is 0.237 e. The first-order chi connectivity index (χ1) is 12.0. The molecule has 0 saturated carbocycles. The predicted molar refractivity (Wildman–Crippen MR) is 104 cm³/mol.